The maximum atomic E-state index is 9.97. The van der Waals surface area contributed by atoms with E-state index in [0.29, 0.717) is 5.56 Å². The smallest absolute Gasteiger partial charge is 0.107 e. The molecule has 4 N–H and O–H groups in total. The quantitative estimate of drug-likeness (QED) is 0.675. The highest BCUT2D eigenvalue weighted by Gasteiger charge is 2.20. The Balaban J connectivity index is 2.04. The molecule has 0 bridgehead atoms. The van der Waals surface area contributed by atoms with Crippen molar-refractivity contribution >= 4 is 10.9 Å². The van der Waals surface area contributed by atoms with Crippen LogP contribution in [0.1, 0.15) is 35.8 Å². The molecule has 0 spiro atoms. The second kappa shape index (κ2) is 4.96. The van der Waals surface area contributed by atoms with Gasteiger partial charge in [-0.1, -0.05) is 6.07 Å². The summed E-state index contributed by atoms with van der Waals surface area (Å²) in [5.74, 6) is 0. The van der Waals surface area contributed by atoms with Gasteiger partial charge in [-0.25, -0.2) is 0 Å². The van der Waals surface area contributed by atoms with Crippen molar-refractivity contribution in [3.05, 3.63) is 35.0 Å². The molecule has 4 heteroatoms. The highest BCUT2D eigenvalue weighted by Crippen LogP contribution is 2.31. The molecule has 102 valence electrons. The molecule has 0 fully saturated rings. The van der Waals surface area contributed by atoms with E-state index in [2.05, 4.69) is 4.98 Å². The van der Waals surface area contributed by atoms with Gasteiger partial charge in [-0.2, -0.15) is 0 Å². The summed E-state index contributed by atoms with van der Waals surface area (Å²) in [7, 11) is 0. The van der Waals surface area contributed by atoms with E-state index in [1.54, 1.807) is 6.07 Å². The summed E-state index contributed by atoms with van der Waals surface area (Å²) in [6, 6.07) is 5.67. The van der Waals surface area contributed by atoms with Crippen LogP contribution in [-0.4, -0.2) is 33.0 Å². The normalized spacial score (nSPS) is 18.3. The number of aliphatic hydroxyl groups is 3. The molecule has 3 rings (SSSR count). The molecule has 1 heterocycles. The fraction of sp³-hybridized carbons (Fsp3) is 0.467. The third-order valence-corrected chi connectivity index (χ3v) is 4.02. The summed E-state index contributed by atoms with van der Waals surface area (Å²) in [5, 5.41) is 29.6. The van der Waals surface area contributed by atoms with Gasteiger partial charge >= 0.3 is 0 Å². The zero-order chi connectivity index (χ0) is 13.4. The minimum Gasteiger partial charge on any atom is -0.394 e. The molecule has 2 aromatic rings. The number of aryl methyl sites for hydroxylation is 2. The van der Waals surface area contributed by atoms with Crippen LogP contribution in [0, 0.1) is 0 Å². The molecule has 0 saturated carbocycles. The topological polar surface area (TPSA) is 76.5 Å². The molecule has 1 aliphatic rings. The maximum Gasteiger partial charge on any atom is 0.107 e. The molecule has 1 aromatic heterocycles. The molecule has 2 atom stereocenters. The number of fused-ring (bicyclic) bond motifs is 3. The van der Waals surface area contributed by atoms with Crippen molar-refractivity contribution in [2.45, 2.75) is 37.9 Å². The summed E-state index contributed by atoms with van der Waals surface area (Å²) >= 11 is 0. The Morgan fingerprint density at radius 2 is 1.95 bits per heavy atom. The second-order valence-corrected chi connectivity index (χ2v) is 5.29. The van der Waals surface area contributed by atoms with Crippen LogP contribution in [0.3, 0.4) is 0 Å². The van der Waals surface area contributed by atoms with Crippen LogP contribution in [0.2, 0.25) is 0 Å². The van der Waals surface area contributed by atoms with Crippen LogP contribution in [0.5, 0.6) is 0 Å². The first-order valence-corrected chi connectivity index (χ1v) is 6.81. The molecular weight excluding hydrogens is 242 g/mol. The first-order valence-electron chi connectivity index (χ1n) is 6.81. The van der Waals surface area contributed by atoms with E-state index in [9.17, 15) is 10.2 Å². The molecular formula is C15H19NO3. The first kappa shape index (κ1) is 12.7. The molecule has 4 nitrogen and oxygen atoms in total. The number of H-pyrrole nitrogens is 1. The van der Waals surface area contributed by atoms with Gasteiger partial charge < -0.3 is 20.3 Å². The lowest BCUT2D eigenvalue weighted by atomic mass is 9.94. The third-order valence-electron chi connectivity index (χ3n) is 4.02. The molecule has 2 unspecified atom stereocenters. The van der Waals surface area contributed by atoms with Crippen LogP contribution < -0.4 is 0 Å². The van der Waals surface area contributed by atoms with Crippen LogP contribution >= 0.6 is 0 Å². The predicted octanol–water partition coefficient (Wildman–Crippen LogP) is 1.43. The Kier molecular flexibility index (Phi) is 3.31. The van der Waals surface area contributed by atoms with Crippen molar-refractivity contribution in [1.82, 2.24) is 4.98 Å². The number of nitrogens with one attached hydrogen (secondary N) is 1. The average molecular weight is 261 g/mol. The third kappa shape index (κ3) is 2.16. The summed E-state index contributed by atoms with van der Waals surface area (Å²) in [5.41, 5.74) is 4.38. The molecule has 0 saturated heterocycles. The molecule has 0 amide bonds. The maximum absolute atomic E-state index is 9.97. The molecule has 0 aliphatic heterocycles. The van der Waals surface area contributed by atoms with E-state index in [1.807, 2.05) is 12.1 Å². The summed E-state index contributed by atoms with van der Waals surface area (Å²) < 4.78 is 0. The fourth-order valence-electron chi connectivity index (χ4n) is 2.93. The van der Waals surface area contributed by atoms with Crippen molar-refractivity contribution in [2.75, 3.05) is 6.61 Å². The number of hydrogen-bond donors (Lipinski definition) is 4. The SMILES string of the molecule is OCC(O)C(O)c1ccc2[nH]c3c(c2c1)CCCC3. The van der Waals surface area contributed by atoms with Gasteiger partial charge in [0, 0.05) is 16.6 Å². The summed E-state index contributed by atoms with van der Waals surface area (Å²) in [6.07, 6.45) is 2.40. The zero-order valence-electron chi connectivity index (χ0n) is 10.8. The van der Waals surface area contributed by atoms with Gasteiger partial charge in [0.15, 0.2) is 0 Å². The molecule has 1 aliphatic carbocycles. The van der Waals surface area contributed by atoms with Crippen molar-refractivity contribution < 1.29 is 15.3 Å². The summed E-state index contributed by atoms with van der Waals surface area (Å²) in [4.78, 5) is 3.43. The Morgan fingerprint density at radius 3 is 2.74 bits per heavy atom. The van der Waals surface area contributed by atoms with Gasteiger partial charge in [-0.15, -0.1) is 0 Å². The van der Waals surface area contributed by atoms with Gasteiger partial charge in [0.25, 0.3) is 0 Å². The van der Waals surface area contributed by atoms with E-state index < -0.39 is 18.8 Å². The minimum absolute atomic E-state index is 0.440. The Bertz CT molecular complexity index is 590. The Labute approximate surface area is 111 Å². The number of benzene rings is 1. The monoisotopic (exact) mass is 261 g/mol. The van der Waals surface area contributed by atoms with E-state index in [-0.39, 0.29) is 0 Å². The highest BCUT2D eigenvalue weighted by atomic mass is 16.4. The second-order valence-electron chi connectivity index (χ2n) is 5.29. The van der Waals surface area contributed by atoms with Crippen molar-refractivity contribution in [1.29, 1.82) is 0 Å². The number of aliphatic hydroxyl groups excluding tert-OH is 3. The highest BCUT2D eigenvalue weighted by molar-refractivity contribution is 5.85. The first-order chi connectivity index (χ1) is 9.20. The lowest BCUT2D eigenvalue weighted by Gasteiger charge is -2.16. The van der Waals surface area contributed by atoms with Crippen molar-refractivity contribution in [3.63, 3.8) is 0 Å². The van der Waals surface area contributed by atoms with Crippen LogP contribution in [0.4, 0.5) is 0 Å². The van der Waals surface area contributed by atoms with Crippen molar-refractivity contribution in [2.24, 2.45) is 0 Å². The van der Waals surface area contributed by atoms with E-state index >= 15 is 0 Å². The average Bonchev–Trinajstić information content (AvgIpc) is 2.83. The zero-order valence-corrected chi connectivity index (χ0v) is 10.8. The minimum atomic E-state index is -1.13. The van der Waals surface area contributed by atoms with E-state index in [1.165, 1.54) is 24.1 Å². The van der Waals surface area contributed by atoms with Gasteiger partial charge in [0.05, 0.1) is 6.61 Å². The lowest BCUT2D eigenvalue weighted by Crippen LogP contribution is -2.21. The van der Waals surface area contributed by atoms with E-state index in [4.69, 9.17) is 5.11 Å². The fourth-order valence-corrected chi connectivity index (χ4v) is 2.93. The largest absolute Gasteiger partial charge is 0.394 e. The number of aromatic amines is 1. The van der Waals surface area contributed by atoms with Crippen LogP contribution in [0.25, 0.3) is 10.9 Å². The number of aromatic nitrogens is 1. The van der Waals surface area contributed by atoms with Crippen LogP contribution in [-0.2, 0) is 12.8 Å². The van der Waals surface area contributed by atoms with Crippen molar-refractivity contribution in [3.8, 4) is 0 Å². The number of rotatable bonds is 3. The van der Waals surface area contributed by atoms with Crippen LogP contribution in [0.15, 0.2) is 18.2 Å². The van der Waals surface area contributed by atoms with E-state index in [0.717, 1.165) is 23.7 Å². The van der Waals surface area contributed by atoms with Gasteiger partial charge in [0.2, 0.25) is 0 Å². The van der Waals surface area contributed by atoms with Gasteiger partial charge in [-0.3, -0.25) is 0 Å². The lowest BCUT2D eigenvalue weighted by molar-refractivity contribution is -0.0152. The standard InChI is InChI=1S/C15H19NO3/c17-8-14(18)15(19)9-5-6-13-11(7-9)10-3-1-2-4-12(10)16-13/h5-7,14-19H,1-4,8H2. The van der Waals surface area contributed by atoms with Gasteiger partial charge in [-0.05, 0) is 48.9 Å². The predicted molar refractivity (Wildman–Crippen MR) is 73.0 cm³/mol. The number of hydrogen-bond acceptors (Lipinski definition) is 3. The van der Waals surface area contributed by atoms with Gasteiger partial charge in [0.1, 0.15) is 12.2 Å². The molecule has 19 heavy (non-hydrogen) atoms. The molecule has 1 aromatic carbocycles. The molecule has 0 radical (unpaired) electrons. The Hall–Kier alpha value is -1.36. The Morgan fingerprint density at radius 1 is 1.16 bits per heavy atom. The summed E-state index contributed by atoms with van der Waals surface area (Å²) in [6.45, 7) is -0.440.